The first-order chi connectivity index (χ1) is 13.9. The molecule has 2 heterocycles. The van der Waals surface area contributed by atoms with Gasteiger partial charge in [-0.2, -0.15) is 0 Å². The van der Waals surface area contributed by atoms with Crippen LogP contribution < -0.4 is 0 Å². The van der Waals surface area contributed by atoms with Crippen LogP contribution in [0.2, 0.25) is 19.1 Å². The molecule has 172 valence electrons. The molecule has 2 saturated heterocycles. The minimum atomic E-state index is -1.35. The van der Waals surface area contributed by atoms with Gasteiger partial charge in [-0.1, -0.05) is 46.8 Å². The van der Waals surface area contributed by atoms with Crippen LogP contribution in [0.3, 0.4) is 0 Å². The Balaban J connectivity index is 0.00000218. The molecule has 1 atom stereocenters. The molecule has 30 heavy (non-hydrogen) atoms. The van der Waals surface area contributed by atoms with Crippen LogP contribution in [-0.4, -0.2) is 68.9 Å². The van der Waals surface area contributed by atoms with Crippen LogP contribution in [0.4, 0.5) is 4.79 Å². The number of hydrogen-bond acceptors (Lipinski definition) is 4. The third-order valence-corrected chi connectivity index (χ3v) is 9.83. The van der Waals surface area contributed by atoms with Crippen LogP contribution in [0.5, 0.6) is 0 Å². The Morgan fingerprint density at radius 1 is 1.10 bits per heavy atom. The molecular formula is C23H42N2O4Si. The van der Waals surface area contributed by atoms with Gasteiger partial charge in [0, 0.05) is 13.1 Å². The Bertz CT molecular complexity index is 614. The van der Waals surface area contributed by atoms with Gasteiger partial charge in [-0.3, -0.25) is 9.69 Å². The highest BCUT2D eigenvalue weighted by Crippen LogP contribution is 2.47. The summed E-state index contributed by atoms with van der Waals surface area (Å²) in [6.07, 6.45) is 4.27. The number of hydrogen-bond donors (Lipinski definition) is 0. The van der Waals surface area contributed by atoms with E-state index in [0.29, 0.717) is 19.2 Å². The minimum Gasteiger partial charge on any atom is -0.373 e. The molecule has 0 aromatic rings. The van der Waals surface area contributed by atoms with Gasteiger partial charge in [-0.15, -0.1) is 12.3 Å². The molecule has 2 fully saturated rings. The number of ether oxygens (including phenoxy) is 1. The zero-order valence-electron chi connectivity index (χ0n) is 20.0. The third-order valence-electron chi connectivity index (χ3n) is 7.09. The van der Waals surface area contributed by atoms with Crippen molar-refractivity contribution in [2.75, 3.05) is 26.2 Å². The maximum absolute atomic E-state index is 12.7. The average molecular weight is 439 g/mol. The van der Waals surface area contributed by atoms with E-state index < -0.39 is 8.07 Å². The summed E-state index contributed by atoms with van der Waals surface area (Å²) < 4.78 is 5.42. The molecule has 0 spiro atoms. The first-order valence-corrected chi connectivity index (χ1v) is 14.3. The number of nitrogens with zero attached hydrogens (tertiary/aromatic N) is 2. The molecule has 6 nitrogen and oxygen atoms in total. The maximum atomic E-state index is 12.7. The van der Waals surface area contributed by atoms with Crippen LogP contribution in [0, 0.1) is 10.8 Å². The first kappa shape index (κ1) is 26.6. The van der Waals surface area contributed by atoms with Gasteiger partial charge in [0.1, 0.15) is 13.3 Å². The lowest BCUT2D eigenvalue weighted by molar-refractivity contribution is -0.125. The van der Waals surface area contributed by atoms with Crippen molar-refractivity contribution in [1.82, 2.24) is 9.80 Å². The molecule has 0 radical (unpaired) electrons. The molecule has 0 aromatic heterocycles. The van der Waals surface area contributed by atoms with Crippen molar-refractivity contribution in [2.45, 2.75) is 78.6 Å². The van der Waals surface area contributed by atoms with Crippen LogP contribution in [0.15, 0.2) is 12.3 Å². The molecule has 2 aliphatic rings. The summed E-state index contributed by atoms with van der Waals surface area (Å²) in [5.74, 6) is -0.0475. The van der Waals surface area contributed by atoms with Crippen molar-refractivity contribution < 1.29 is 19.1 Å². The smallest absolute Gasteiger partial charge is 0.327 e. The SMILES string of the molecule is C=C[Si](C)(C)CCCN1CC(=O)N(CCCC(C)(C)C(C)(C)CC2CO2)C1=O.C=O. The van der Waals surface area contributed by atoms with Gasteiger partial charge in [0.15, 0.2) is 0 Å². The van der Waals surface area contributed by atoms with E-state index in [1.165, 1.54) is 4.90 Å². The molecule has 3 amide bonds. The predicted molar refractivity (Wildman–Crippen MR) is 124 cm³/mol. The second-order valence-electron chi connectivity index (χ2n) is 10.6. The highest BCUT2D eigenvalue weighted by atomic mass is 28.3. The second kappa shape index (κ2) is 10.7. The Morgan fingerprint density at radius 2 is 1.70 bits per heavy atom. The topological polar surface area (TPSA) is 70.2 Å². The fourth-order valence-corrected chi connectivity index (χ4v) is 5.14. The normalized spacial score (nSPS) is 19.6. The molecule has 0 aromatic carbocycles. The Labute approximate surface area is 184 Å². The molecule has 0 saturated carbocycles. The van der Waals surface area contributed by atoms with E-state index in [4.69, 9.17) is 9.53 Å². The molecule has 0 bridgehead atoms. The first-order valence-electron chi connectivity index (χ1n) is 11.0. The average Bonchev–Trinajstić information content (AvgIpc) is 3.43. The van der Waals surface area contributed by atoms with Crippen molar-refractivity contribution >= 4 is 26.8 Å². The highest BCUT2D eigenvalue weighted by Gasteiger charge is 2.42. The van der Waals surface area contributed by atoms with Crippen LogP contribution in [0.1, 0.15) is 53.4 Å². The second-order valence-corrected chi connectivity index (χ2v) is 15.5. The molecule has 2 rings (SSSR count). The standard InChI is InChI=1S/C22H40N2O3Si.CH2O/c1-8-28(6,7)14-10-12-23-16-19(25)24(20(23)26)13-9-11-21(2,3)22(4,5)15-18-17-27-18;1-2/h8,18H,1,9-17H2,2-7H3;1H2. The summed E-state index contributed by atoms with van der Waals surface area (Å²) in [7, 11) is -1.35. The largest absolute Gasteiger partial charge is 0.373 e. The molecule has 0 N–H and O–H groups in total. The van der Waals surface area contributed by atoms with E-state index >= 15 is 0 Å². The zero-order valence-corrected chi connectivity index (χ0v) is 21.0. The number of carbonyl (C=O) groups excluding carboxylic acids is 3. The number of epoxide rings is 1. The summed E-state index contributed by atoms with van der Waals surface area (Å²) in [4.78, 5) is 36.2. The molecular weight excluding hydrogens is 396 g/mol. The van der Waals surface area contributed by atoms with E-state index in [9.17, 15) is 9.59 Å². The van der Waals surface area contributed by atoms with Crippen LogP contribution in [0.25, 0.3) is 0 Å². The molecule has 7 heteroatoms. The number of amides is 3. The van der Waals surface area contributed by atoms with E-state index in [1.807, 2.05) is 6.79 Å². The van der Waals surface area contributed by atoms with Crippen LogP contribution in [-0.2, 0) is 14.3 Å². The van der Waals surface area contributed by atoms with Gasteiger partial charge < -0.3 is 14.4 Å². The lowest BCUT2D eigenvalue weighted by atomic mass is 9.63. The lowest BCUT2D eigenvalue weighted by Crippen LogP contribution is -2.37. The summed E-state index contributed by atoms with van der Waals surface area (Å²) in [6.45, 7) is 22.0. The molecule has 2 aliphatic heterocycles. The molecule has 0 aliphatic carbocycles. The van der Waals surface area contributed by atoms with Crippen molar-refractivity contribution in [2.24, 2.45) is 10.8 Å². The van der Waals surface area contributed by atoms with Gasteiger partial charge >= 0.3 is 6.03 Å². The monoisotopic (exact) mass is 438 g/mol. The number of urea groups is 1. The predicted octanol–water partition coefficient (Wildman–Crippen LogP) is 4.51. The van der Waals surface area contributed by atoms with Gasteiger partial charge in [0.25, 0.3) is 0 Å². The van der Waals surface area contributed by atoms with Gasteiger partial charge in [0.2, 0.25) is 5.91 Å². The number of carbonyl (C=O) groups is 3. The fraction of sp³-hybridized carbons (Fsp3) is 0.783. The van der Waals surface area contributed by atoms with Crippen molar-refractivity contribution in [1.29, 1.82) is 0 Å². The summed E-state index contributed by atoms with van der Waals surface area (Å²) in [5.41, 5.74) is 2.39. The van der Waals surface area contributed by atoms with E-state index in [-0.39, 0.29) is 29.3 Å². The van der Waals surface area contributed by atoms with E-state index in [2.05, 4.69) is 53.1 Å². The summed E-state index contributed by atoms with van der Waals surface area (Å²) in [6, 6.07) is 0.995. The maximum Gasteiger partial charge on any atom is 0.327 e. The van der Waals surface area contributed by atoms with Crippen LogP contribution >= 0.6 is 0 Å². The zero-order chi connectivity index (χ0) is 23.2. The summed E-state index contributed by atoms with van der Waals surface area (Å²) >= 11 is 0. The minimum absolute atomic E-state index is 0.0475. The highest BCUT2D eigenvalue weighted by molar-refractivity contribution is 6.82. The quantitative estimate of drug-likeness (QED) is 0.255. The van der Waals surface area contributed by atoms with E-state index in [0.717, 1.165) is 38.3 Å². The Kier molecular flexibility index (Phi) is 9.48. The van der Waals surface area contributed by atoms with Gasteiger partial charge in [-0.25, -0.2) is 4.79 Å². The Hall–Kier alpha value is -1.47. The summed E-state index contributed by atoms with van der Waals surface area (Å²) in [5, 5.41) is 0. The van der Waals surface area contributed by atoms with E-state index in [1.54, 1.807) is 4.90 Å². The number of imide groups is 1. The Morgan fingerprint density at radius 3 is 2.23 bits per heavy atom. The third kappa shape index (κ3) is 7.34. The molecule has 1 unspecified atom stereocenters. The van der Waals surface area contributed by atoms with Crippen molar-refractivity contribution in [3.8, 4) is 0 Å². The van der Waals surface area contributed by atoms with Crippen molar-refractivity contribution in [3.05, 3.63) is 12.3 Å². The van der Waals surface area contributed by atoms with Gasteiger partial charge in [-0.05, 0) is 36.5 Å². The fourth-order valence-electron chi connectivity index (χ4n) is 3.87. The number of rotatable bonds is 12. The van der Waals surface area contributed by atoms with Crippen molar-refractivity contribution in [3.63, 3.8) is 0 Å². The van der Waals surface area contributed by atoms with Gasteiger partial charge in [0.05, 0.1) is 20.8 Å². The lowest BCUT2D eigenvalue weighted by Gasteiger charge is -2.42.